The van der Waals surface area contributed by atoms with E-state index in [2.05, 4.69) is 5.32 Å². The summed E-state index contributed by atoms with van der Waals surface area (Å²) in [5.41, 5.74) is -1.80. The molecular formula is C25H18Cl2F3N3O4S2. The molecule has 0 saturated carbocycles. The molecule has 0 unspecified atom stereocenters. The highest BCUT2D eigenvalue weighted by atomic mass is 35.5. The van der Waals surface area contributed by atoms with Crippen molar-refractivity contribution in [2.45, 2.75) is 42.3 Å². The molecule has 1 fully saturated rings. The number of fused-ring (bicyclic) bond motifs is 2. The molecule has 3 heterocycles. The van der Waals surface area contributed by atoms with Gasteiger partial charge in [-0.05, 0) is 36.4 Å². The van der Waals surface area contributed by atoms with Crippen LogP contribution in [-0.2, 0) is 32.5 Å². The molecule has 5 rings (SSSR count). The molecule has 1 N–H and O–H groups in total. The average molecular weight is 616 g/mol. The summed E-state index contributed by atoms with van der Waals surface area (Å²) in [4.78, 5) is 53.6. The van der Waals surface area contributed by atoms with Crippen LogP contribution in [0.2, 0.25) is 10.0 Å². The van der Waals surface area contributed by atoms with Gasteiger partial charge in [-0.3, -0.25) is 23.7 Å². The summed E-state index contributed by atoms with van der Waals surface area (Å²) in [6.45, 7) is 3.05. The molecule has 2 aliphatic rings. The third-order valence-corrected chi connectivity index (χ3v) is 10.2. The lowest BCUT2D eigenvalue weighted by molar-refractivity contribution is -0.137. The van der Waals surface area contributed by atoms with Gasteiger partial charge < -0.3 is 5.32 Å². The van der Waals surface area contributed by atoms with Crippen LogP contribution in [0.1, 0.15) is 24.3 Å². The summed E-state index contributed by atoms with van der Waals surface area (Å²) in [5.74, 6) is -2.78. The summed E-state index contributed by atoms with van der Waals surface area (Å²) < 4.78 is 41.1. The number of carbonyl (C=O) groups excluding carboxylic acids is 3. The molecule has 14 heteroatoms. The number of hydrogen-bond donors (Lipinski definition) is 1. The minimum atomic E-state index is -4.65. The molecule has 0 bridgehead atoms. The topological polar surface area (TPSA) is 88.5 Å². The molecular weight excluding hydrogens is 598 g/mol. The number of anilines is 2. The van der Waals surface area contributed by atoms with Gasteiger partial charge in [-0.15, -0.1) is 0 Å². The summed E-state index contributed by atoms with van der Waals surface area (Å²) in [6, 6.07) is 8.56. The van der Waals surface area contributed by atoms with E-state index in [9.17, 15) is 32.3 Å². The molecule has 2 aliphatic heterocycles. The van der Waals surface area contributed by atoms with Gasteiger partial charge in [0.1, 0.15) is 11.8 Å². The highest BCUT2D eigenvalue weighted by Crippen LogP contribution is 2.54. The molecule has 1 saturated heterocycles. The first kappa shape index (κ1) is 27.8. The number of hydrogen-bond acceptors (Lipinski definition) is 6. The lowest BCUT2D eigenvalue weighted by Crippen LogP contribution is -2.42. The first-order valence-electron chi connectivity index (χ1n) is 11.4. The molecule has 0 spiro atoms. The molecule has 0 aliphatic carbocycles. The van der Waals surface area contributed by atoms with E-state index < -0.39 is 50.9 Å². The molecule has 2 aromatic carbocycles. The first-order chi connectivity index (χ1) is 18.2. The number of halogens is 5. The van der Waals surface area contributed by atoms with Crippen molar-refractivity contribution >= 4 is 75.4 Å². The first-order valence-corrected chi connectivity index (χ1v) is 13.9. The Labute approximate surface area is 237 Å². The van der Waals surface area contributed by atoms with E-state index in [1.54, 1.807) is 19.9 Å². The SMILES string of the molecule is CC1(C)c2sc(=O)n(CC(=O)Nc3ccc(Cl)c(Cl)c3)c2S[C@@H]2C(=O)N(c3cccc(C(F)(F)F)c3)C(=O)[C@@H]21. The van der Waals surface area contributed by atoms with Crippen LogP contribution in [0.4, 0.5) is 24.5 Å². The molecule has 3 amide bonds. The van der Waals surface area contributed by atoms with Crippen LogP contribution in [0.25, 0.3) is 0 Å². The van der Waals surface area contributed by atoms with Gasteiger partial charge >= 0.3 is 11.0 Å². The number of aromatic nitrogens is 1. The smallest absolute Gasteiger partial charge is 0.324 e. The second kappa shape index (κ2) is 9.69. The van der Waals surface area contributed by atoms with Gasteiger partial charge in [0.2, 0.25) is 17.7 Å². The Kier molecular flexibility index (Phi) is 6.89. The van der Waals surface area contributed by atoms with E-state index in [0.717, 1.165) is 46.2 Å². The maximum absolute atomic E-state index is 13.5. The summed E-state index contributed by atoms with van der Waals surface area (Å²) in [5, 5.41) is 2.56. The van der Waals surface area contributed by atoms with Gasteiger partial charge in [0.25, 0.3) is 0 Å². The molecule has 7 nitrogen and oxygen atoms in total. The zero-order valence-electron chi connectivity index (χ0n) is 20.1. The van der Waals surface area contributed by atoms with Gasteiger partial charge in [0, 0.05) is 16.0 Å². The molecule has 3 aromatic rings. The van der Waals surface area contributed by atoms with Gasteiger partial charge in [-0.25, -0.2) is 4.90 Å². The maximum Gasteiger partial charge on any atom is 0.416 e. The number of carbonyl (C=O) groups is 3. The van der Waals surface area contributed by atoms with Crippen molar-refractivity contribution in [3.05, 3.63) is 72.6 Å². The Morgan fingerprint density at radius 1 is 1.05 bits per heavy atom. The molecule has 2 atom stereocenters. The fourth-order valence-corrected chi connectivity index (χ4v) is 8.10. The number of thioether (sulfide) groups is 1. The van der Waals surface area contributed by atoms with E-state index in [4.69, 9.17) is 23.2 Å². The number of thiazole rings is 1. The predicted molar refractivity (Wildman–Crippen MR) is 144 cm³/mol. The Bertz CT molecular complexity index is 1600. The zero-order chi connectivity index (χ0) is 28.4. The van der Waals surface area contributed by atoms with Gasteiger partial charge in [-0.2, -0.15) is 13.2 Å². The van der Waals surface area contributed by atoms with Crippen molar-refractivity contribution in [3.63, 3.8) is 0 Å². The minimum absolute atomic E-state index is 0.174. The second-order valence-electron chi connectivity index (χ2n) is 9.56. The standard InChI is InChI=1S/C25H18Cl2F3N3O4S2/c1-24(2)17-18(21(36)33(20(17)35)13-5-3-4-11(8-13)25(28,29)30)38-22-19(24)39-23(37)32(22)10-16(34)31-12-6-7-14(26)15(27)9-12/h3-9,17-18H,10H2,1-2H3,(H,31,34)/t17-,18+/m1/s1. The van der Waals surface area contributed by atoms with E-state index in [1.807, 2.05) is 0 Å². The van der Waals surface area contributed by atoms with E-state index in [1.165, 1.54) is 22.8 Å². The number of nitrogens with one attached hydrogen (secondary N) is 1. The number of rotatable bonds is 4. The van der Waals surface area contributed by atoms with Crippen molar-refractivity contribution in [1.29, 1.82) is 0 Å². The number of benzene rings is 2. The molecule has 1 aromatic heterocycles. The van der Waals surface area contributed by atoms with Crippen molar-refractivity contribution in [3.8, 4) is 0 Å². The summed E-state index contributed by atoms with van der Waals surface area (Å²) in [7, 11) is 0. The number of alkyl halides is 3. The Hall–Kier alpha value is -2.80. The third-order valence-electron chi connectivity index (χ3n) is 6.64. The average Bonchev–Trinajstić information content (AvgIpc) is 3.30. The van der Waals surface area contributed by atoms with Crippen molar-refractivity contribution in [2.24, 2.45) is 5.92 Å². The second-order valence-corrected chi connectivity index (χ2v) is 12.5. The highest BCUT2D eigenvalue weighted by molar-refractivity contribution is 8.00. The Morgan fingerprint density at radius 3 is 2.44 bits per heavy atom. The van der Waals surface area contributed by atoms with Crippen LogP contribution >= 0.6 is 46.3 Å². The van der Waals surface area contributed by atoms with Crippen LogP contribution in [0.15, 0.2) is 52.3 Å². The van der Waals surface area contributed by atoms with Crippen molar-refractivity contribution in [1.82, 2.24) is 4.57 Å². The minimum Gasteiger partial charge on any atom is -0.324 e. The van der Waals surface area contributed by atoms with Crippen molar-refractivity contribution in [2.75, 3.05) is 10.2 Å². The lowest BCUT2D eigenvalue weighted by atomic mass is 9.76. The Balaban J connectivity index is 1.46. The zero-order valence-corrected chi connectivity index (χ0v) is 23.3. The van der Waals surface area contributed by atoms with Crippen LogP contribution < -0.4 is 15.1 Å². The maximum atomic E-state index is 13.5. The molecule has 39 heavy (non-hydrogen) atoms. The Morgan fingerprint density at radius 2 is 1.77 bits per heavy atom. The number of amides is 3. The largest absolute Gasteiger partial charge is 0.416 e. The lowest BCUT2D eigenvalue weighted by Gasteiger charge is -2.36. The van der Waals surface area contributed by atoms with Crippen LogP contribution in [-0.4, -0.2) is 27.5 Å². The monoisotopic (exact) mass is 615 g/mol. The quantitative estimate of drug-likeness (QED) is 0.374. The van der Waals surface area contributed by atoms with Crippen LogP contribution in [0, 0.1) is 5.92 Å². The number of imide groups is 1. The van der Waals surface area contributed by atoms with E-state index in [-0.39, 0.29) is 17.3 Å². The highest BCUT2D eigenvalue weighted by Gasteiger charge is 2.59. The summed E-state index contributed by atoms with van der Waals surface area (Å²) in [6.07, 6.45) is -4.65. The fraction of sp³-hybridized carbons (Fsp3) is 0.280. The van der Waals surface area contributed by atoms with Gasteiger partial charge in [0.15, 0.2) is 0 Å². The number of nitrogens with zero attached hydrogens (tertiary/aromatic N) is 2. The van der Waals surface area contributed by atoms with E-state index in [0.29, 0.717) is 20.6 Å². The van der Waals surface area contributed by atoms with Crippen LogP contribution in [0.3, 0.4) is 0 Å². The predicted octanol–water partition coefficient (Wildman–Crippen LogP) is 5.82. The van der Waals surface area contributed by atoms with E-state index >= 15 is 0 Å². The fourth-order valence-electron chi connectivity index (χ4n) is 4.76. The van der Waals surface area contributed by atoms with Crippen LogP contribution in [0.5, 0.6) is 0 Å². The van der Waals surface area contributed by atoms with Gasteiger partial charge in [-0.1, -0.05) is 66.2 Å². The van der Waals surface area contributed by atoms with Crippen molar-refractivity contribution < 1.29 is 27.6 Å². The summed E-state index contributed by atoms with van der Waals surface area (Å²) >= 11 is 13.7. The molecule has 0 radical (unpaired) electrons. The third kappa shape index (κ3) is 4.77. The molecule has 204 valence electrons. The van der Waals surface area contributed by atoms with Gasteiger partial charge in [0.05, 0.1) is 32.2 Å². The normalized spacial score (nSPS) is 20.1.